The van der Waals surface area contributed by atoms with Crippen LogP contribution in [0.2, 0.25) is 5.04 Å². The highest BCUT2D eigenvalue weighted by Crippen LogP contribution is 2.39. The minimum absolute atomic E-state index is 0.164. The molecule has 2 atom stereocenters. The van der Waals surface area contributed by atoms with Gasteiger partial charge in [-0.1, -0.05) is 143 Å². The monoisotopic (exact) mass is 858 g/mol. The van der Waals surface area contributed by atoms with Gasteiger partial charge in [-0.25, -0.2) is 9.59 Å². The molecular weight excluding hydrogens is 797 g/mol. The van der Waals surface area contributed by atoms with Crippen LogP contribution in [0.5, 0.6) is 0 Å². The zero-order valence-corrected chi connectivity index (χ0v) is 38.4. The van der Waals surface area contributed by atoms with Crippen LogP contribution in [-0.4, -0.2) is 75.7 Å². The van der Waals surface area contributed by atoms with Crippen molar-refractivity contribution in [1.29, 1.82) is 0 Å². The fourth-order valence-corrected chi connectivity index (χ4v) is 12.0. The van der Waals surface area contributed by atoms with Crippen molar-refractivity contribution in [3.05, 3.63) is 157 Å². The lowest BCUT2D eigenvalue weighted by molar-refractivity contribution is -0.145. The zero-order chi connectivity index (χ0) is 44.8. The maximum absolute atomic E-state index is 14.6. The molecule has 0 spiro atoms. The van der Waals surface area contributed by atoms with Crippen LogP contribution in [0.15, 0.2) is 151 Å². The number of nitrogens with one attached hydrogen (secondary N) is 1. The molecule has 0 saturated heterocycles. The summed E-state index contributed by atoms with van der Waals surface area (Å²) in [6.45, 7) is 15.3. The number of esters is 1. The SMILES string of the molecule is CCCN(CCc1ccc(-c2ccccc2)cc1)C(=O)C1OCC=C(O[Si](c2ccccc2)(c2ccccc2)C(C)(C)C)[C@H]1NC(=O)OC(C)(C)C.COC(=O)C1=CCC=CO1. The van der Waals surface area contributed by atoms with E-state index in [0.29, 0.717) is 25.3 Å². The third-order valence-corrected chi connectivity index (χ3v) is 15.4. The second-order valence-corrected chi connectivity index (χ2v) is 21.4. The molecule has 4 aromatic carbocycles. The molecule has 2 aliphatic rings. The standard InChI is InChI=1S/C44H54N2O5Si.C7H8O3/c1-8-30-46(31-28-33-24-26-35(27-25-33)34-18-12-9-13-19-34)41(47)40-39(45-42(48)50-43(2,3)4)38(29-32-49-40)51-52(44(5,6)7,36-20-14-10-15-21-36)37-22-16-11-17-23-37;1-9-7(8)6-4-2-3-5-10-6/h9-27,29,39-40H,8,28,30-32H2,1-7H3,(H,45,48);3-5H,2H2,1H3/t39-,40?;/m1./s1. The minimum atomic E-state index is -3.11. The molecule has 62 heavy (non-hydrogen) atoms. The number of methoxy groups -OCH3 is 1. The number of hydrogen-bond donors (Lipinski definition) is 1. The number of carbonyl (C=O) groups is 3. The van der Waals surface area contributed by atoms with Crippen molar-refractivity contribution in [3.63, 3.8) is 0 Å². The van der Waals surface area contributed by atoms with Crippen molar-refractivity contribution >= 4 is 36.7 Å². The third kappa shape index (κ3) is 12.4. The number of alkyl carbamates (subject to hydrolysis) is 1. The smallest absolute Gasteiger partial charge is 0.408 e. The van der Waals surface area contributed by atoms with Crippen molar-refractivity contribution in [2.75, 3.05) is 26.8 Å². The van der Waals surface area contributed by atoms with Gasteiger partial charge in [-0.2, -0.15) is 0 Å². The average molecular weight is 859 g/mol. The molecule has 0 fully saturated rings. The van der Waals surface area contributed by atoms with E-state index in [1.54, 1.807) is 6.08 Å². The minimum Gasteiger partial charge on any atom is -0.535 e. The first-order valence-electron chi connectivity index (χ1n) is 21.3. The van der Waals surface area contributed by atoms with E-state index in [2.05, 4.69) is 98.4 Å². The van der Waals surface area contributed by atoms with E-state index < -0.39 is 38.1 Å². The number of amides is 2. The van der Waals surface area contributed by atoms with Crippen molar-refractivity contribution in [2.24, 2.45) is 0 Å². The summed E-state index contributed by atoms with van der Waals surface area (Å²) in [5.74, 6) is 0.160. The van der Waals surface area contributed by atoms with Crippen LogP contribution in [0.3, 0.4) is 0 Å². The lowest BCUT2D eigenvalue weighted by atomic mass is 10.0. The number of benzene rings is 4. The first-order chi connectivity index (χ1) is 29.7. The highest BCUT2D eigenvalue weighted by molar-refractivity contribution is 6.99. The van der Waals surface area contributed by atoms with Crippen LogP contribution in [0, 0.1) is 0 Å². The largest absolute Gasteiger partial charge is 0.535 e. The Morgan fingerprint density at radius 2 is 1.35 bits per heavy atom. The molecule has 10 nitrogen and oxygen atoms in total. The van der Waals surface area contributed by atoms with Gasteiger partial charge in [0, 0.05) is 13.1 Å². The summed E-state index contributed by atoms with van der Waals surface area (Å²) >= 11 is 0. The first kappa shape index (κ1) is 47.1. The predicted octanol–water partition coefficient (Wildman–Crippen LogP) is 8.86. The van der Waals surface area contributed by atoms with Gasteiger partial charge in [0.1, 0.15) is 17.4 Å². The molecule has 0 saturated carbocycles. The predicted molar refractivity (Wildman–Crippen MR) is 247 cm³/mol. The number of carbonyl (C=O) groups excluding carboxylic acids is 3. The van der Waals surface area contributed by atoms with E-state index in [4.69, 9.17) is 18.6 Å². The fraction of sp³-hybridized carbons (Fsp3) is 0.353. The Hall–Kier alpha value is -5.91. The van der Waals surface area contributed by atoms with E-state index >= 15 is 0 Å². The van der Waals surface area contributed by atoms with Gasteiger partial charge in [0.25, 0.3) is 5.91 Å². The number of hydrogen-bond acceptors (Lipinski definition) is 8. The Morgan fingerprint density at radius 3 is 1.87 bits per heavy atom. The molecule has 0 aromatic heterocycles. The second kappa shape index (κ2) is 21.7. The van der Waals surface area contributed by atoms with Crippen LogP contribution in [0.25, 0.3) is 11.1 Å². The first-order valence-corrected chi connectivity index (χ1v) is 23.2. The van der Waals surface area contributed by atoms with Crippen molar-refractivity contribution < 1.29 is 37.8 Å². The number of ether oxygens (including phenoxy) is 4. The number of allylic oxidation sites excluding steroid dienone is 2. The molecule has 1 unspecified atom stereocenters. The Balaban J connectivity index is 0.000000637. The molecule has 1 N–H and O–H groups in total. The number of rotatable bonds is 13. The Morgan fingerprint density at radius 1 is 0.774 bits per heavy atom. The van der Waals surface area contributed by atoms with Crippen LogP contribution in [-0.2, 0) is 39.4 Å². The fourth-order valence-electron chi connectivity index (χ4n) is 7.51. The molecule has 4 aromatic rings. The number of nitrogens with zero attached hydrogens (tertiary/aromatic N) is 1. The molecule has 0 aliphatic carbocycles. The molecule has 6 rings (SSSR count). The normalized spacial score (nSPS) is 16.3. The van der Waals surface area contributed by atoms with Crippen LogP contribution in [0.4, 0.5) is 4.79 Å². The van der Waals surface area contributed by atoms with Gasteiger partial charge in [0.05, 0.1) is 20.0 Å². The van der Waals surface area contributed by atoms with Crippen LogP contribution in [0.1, 0.15) is 66.9 Å². The lowest BCUT2D eigenvalue weighted by Gasteiger charge is -2.46. The highest BCUT2D eigenvalue weighted by Gasteiger charge is 2.54. The van der Waals surface area contributed by atoms with Gasteiger partial charge in [-0.05, 0) is 90.4 Å². The second-order valence-electron chi connectivity index (χ2n) is 17.2. The van der Waals surface area contributed by atoms with E-state index in [9.17, 15) is 14.4 Å². The molecule has 0 bridgehead atoms. The van der Waals surface area contributed by atoms with Crippen molar-refractivity contribution in [2.45, 2.75) is 90.5 Å². The van der Waals surface area contributed by atoms with Crippen molar-refractivity contribution in [3.8, 4) is 11.1 Å². The van der Waals surface area contributed by atoms with Crippen LogP contribution < -0.4 is 15.7 Å². The Kier molecular flexibility index (Phi) is 16.5. The summed E-state index contributed by atoms with van der Waals surface area (Å²) in [5, 5.41) is 4.86. The van der Waals surface area contributed by atoms with E-state index in [-0.39, 0.29) is 23.3 Å². The van der Waals surface area contributed by atoms with E-state index in [0.717, 1.165) is 34.3 Å². The van der Waals surface area contributed by atoms with E-state index in [1.807, 2.05) is 92.4 Å². The summed E-state index contributed by atoms with van der Waals surface area (Å²) in [5.41, 5.74) is 2.71. The van der Waals surface area contributed by atoms with Gasteiger partial charge >= 0.3 is 20.4 Å². The zero-order valence-electron chi connectivity index (χ0n) is 37.4. The molecule has 11 heteroatoms. The average Bonchev–Trinajstić information content (AvgIpc) is 3.27. The Bertz CT molecular complexity index is 2120. The van der Waals surface area contributed by atoms with Crippen molar-refractivity contribution in [1.82, 2.24) is 10.2 Å². The Labute approximate surface area is 368 Å². The summed E-state index contributed by atoms with van der Waals surface area (Å²) in [6, 6.07) is 38.5. The maximum Gasteiger partial charge on any atom is 0.408 e. The van der Waals surface area contributed by atoms with Gasteiger partial charge < -0.3 is 33.6 Å². The maximum atomic E-state index is 14.6. The van der Waals surface area contributed by atoms with Gasteiger partial charge in [0.2, 0.25) is 5.76 Å². The van der Waals surface area contributed by atoms with E-state index in [1.165, 1.54) is 18.9 Å². The third-order valence-electron chi connectivity index (χ3n) is 10.4. The summed E-state index contributed by atoms with van der Waals surface area (Å²) < 4.78 is 28.7. The molecule has 2 heterocycles. The van der Waals surface area contributed by atoms with Gasteiger partial charge in [-0.15, -0.1) is 0 Å². The molecule has 328 valence electrons. The molecule has 2 amide bonds. The van der Waals surface area contributed by atoms with Crippen LogP contribution >= 0.6 is 0 Å². The molecular formula is C51H62N2O8Si. The summed E-state index contributed by atoms with van der Waals surface area (Å²) in [6.07, 6.45) is 7.35. The van der Waals surface area contributed by atoms with Gasteiger partial charge in [0.15, 0.2) is 6.10 Å². The highest BCUT2D eigenvalue weighted by atomic mass is 28.4. The summed E-state index contributed by atoms with van der Waals surface area (Å²) in [4.78, 5) is 40.7. The topological polar surface area (TPSA) is 113 Å². The van der Waals surface area contributed by atoms with Gasteiger partial charge in [-0.3, -0.25) is 4.79 Å². The molecule has 0 radical (unpaired) electrons. The quantitative estimate of drug-likeness (QED) is 0.105. The molecule has 2 aliphatic heterocycles. The lowest BCUT2D eigenvalue weighted by Crippen LogP contribution is -2.68. The summed E-state index contributed by atoms with van der Waals surface area (Å²) in [7, 11) is -1.79.